The molecule has 7 heterocycles. The standard InChI is InChI=1S/C38H52O10/c1-7-9-11-13-19-23-24-25(30-37(32(47-37)27(24)41)16-22(40)35(5,6)46-30)31(44-19)38-18(17-43-20(26(23)38)14-12-10-8-2)29-36(33(48-36)28(38)42)15-21(39)34(3,4)45-29/h17,19-23,26,29-33,39-40H,7-16H2,1-6H3/t19-,20-,21-,22-,23-,26+,29-,30-,31+,32-,33-,36+,37+,38-/m0/s1. The van der Waals surface area contributed by atoms with Crippen LogP contribution in [0.4, 0.5) is 0 Å². The summed E-state index contributed by atoms with van der Waals surface area (Å²) in [6.45, 7) is 11.9. The first-order chi connectivity index (χ1) is 22.8. The minimum atomic E-state index is -1.19. The Hall–Kier alpha value is -1.66. The molecule has 10 rings (SSSR count). The van der Waals surface area contributed by atoms with Crippen molar-refractivity contribution in [3.63, 3.8) is 0 Å². The second kappa shape index (κ2) is 10.2. The van der Waals surface area contributed by atoms with Gasteiger partial charge in [0.15, 0.2) is 17.7 Å². The fraction of sp³-hybridized carbons (Fsp3) is 0.842. The molecule has 10 nitrogen and oxygen atoms in total. The molecule has 5 saturated heterocycles. The third-order valence-corrected chi connectivity index (χ3v) is 13.9. The molecule has 0 aromatic heterocycles. The number of ketones is 2. The summed E-state index contributed by atoms with van der Waals surface area (Å²) >= 11 is 0. The number of hydrogen-bond donors (Lipinski definition) is 2. The van der Waals surface area contributed by atoms with Crippen LogP contribution in [0, 0.1) is 17.3 Å². The first-order valence-electron chi connectivity index (χ1n) is 18.7. The van der Waals surface area contributed by atoms with Crippen LogP contribution in [0.2, 0.25) is 0 Å². The Morgan fingerprint density at radius 2 is 1.31 bits per heavy atom. The van der Waals surface area contributed by atoms with Gasteiger partial charge in [-0.3, -0.25) is 9.59 Å². The Morgan fingerprint density at radius 3 is 1.96 bits per heavy atom. The number of epoxide rings is 2. The van der Waals surface area contributed by atoms with Gasteiger partial charge in [0, 0.05) is 35.8 Å². The number of ether oxygens (including phenoxy) is 6. The zero-order chi connectivity index (χ0) is 33.8. The molecule has 7 aliphatic heterocycles. The summed E-state index contributed by atoms with van der Waals surface area (Å²) in [4.78, 5) is 30.1. The van der Waals surface area contributed by atoms with Crippen LogP contribution in [0.5, 0.6) is 0 Å². The maximum atomic E-state index is 15.4. The minimum Gasteiger partial charge on any atom is -0.498 e. The van der Waals surface area contributed by atoms with Crippen LogP contribution in [-0.2, 0) is 38.0 Å². The Kier molecular flexibility index (Phi) is 6.88. The molecular weight excluding hydrogens is 616 g/mol. The van der Waals surface area contributed by atoms with Gasteiger partial charge >= 0.3 is 0 Å². The molecule has 0 aromatic rings. The van der Waals surface area contributed by atoms with Crippen LogP contribution < -0.4 is 0 Å². The van der Waals surface area contributed by atoms with Gasteiger partial charge in [0.2, 0.25) is 0 Å². The third kappa shape index (κ3) is 3.84. The summed E-state index contributed by atoms with van der Waals surface area (Å²) in [5.41, 5.74) is -2.75. The van der Waals surface area contributed by atoms with Crippen molar-refractivity contribution >= 4 is 11.6 Å². The summed E-state index contributed by atoms with van der Waals surface area (Å²) in [7, 11) is 0. The van der Waals surface area contributed by atoms with Gasteiger partial charge in [-0.2, -0.15) is 0 Å². The molecule has 2 bridgehead atoms. The lowest BCUT2D eigenvalue weighted by Gasteiger charge is -2.66. The normalized spacial score (nSPS) is 51.2. The van der Waals surface area contributed by atoms with E-state index >= 15 is 4.79 Å². The molecule has 0 unspecified atom stereocenters. The van der Waals surface area contributed by atoms with Crippen molar-refractivity contribution in [3.8, 4) is 0 Å². The number of unbranched alkanes of at least 4 members (excludes halogenated alkanes) is 4. The number of aliphatic hydroxyl groups excluding tert-OH is 2. The van der Waals surface area contributed by atoms with E-state index in [2.05, 4.69) is 13.8 Å². The van der Waals surface area contributed by atoms with Crippen molar-refractivity contribution in [2.24, 2.45) is 17.3 Å². The van der Waals surface area contributed by atoms with E-state index in [-0.39, 0.29) is 42.5 Å². The number of aliphatic hydroxyl groups is 2. The maximum absolute atomic E-state index is 15.4. The predicted molar refractivity (Wildman–Crippen MR) is 171 cm³/mol. The molecule has 6 fully saturated rings. The number of carbonyl (C=O) groups excluding carboxylic acids is 2. The molecular formula is C38H52O10. The summed E-state index contributed by atoms with van der Waals surface area (Å²) in [5, 5.41) is 22.3. The molecule has 0 amide bonds. The number of rotatable bonds is 8. The van der Waals surface area contributed by atoms with Crippen molar-refractivity contribution in [2.45, 2.75) is 183 Å². The zero-order valence-electron chi connectivity index (χ0n) is 29.2. The van der Waals surface area contributed by atoms with E-state index in [0.717, 1.165) is 56.9 Å². The highest BCUT2D eigenvalue weighted by Crippen LogP contribution is 2.73. The Labute approximate surface area is 282 Å². The molecule has 10 heteroatoms. The number of carbonyl (C=O) groups is 2. The highest BCUT2D eigenvalue weighted by Gasteiger charge is 2.86. The second-order valence-electron chi connectivity index (χ2n) is 17.4. The number of fused-ring (bicyclic) bond motifs is 2. The zero-order valence-corrected chi connectivity index (χ0v) is 29.2. The Balaban J connectivity index is 1.25. The fourth-order valence-electron chi connectivity index (χ4n) is 11.2. The van der Waals surface area contributed by atoms with Gasteiger partial charge in [0.1, 0.15) is 35.6 Å². The lowest BCUT2D eigenvalue weighted by Crippen LogP contribution is -2.76. The topological polar surface area (TPSA) is 137 Å². The van der Waals surface area contributed by atoms with E-state index < -0.39 is 76.5 Å². The third-order valence-electron chi connectivity index (χ3n) is 13.9. The van der Waals surface area contributed by atoms with Crippen LogP contribution in [0.15, 0.2) is 23.0 Å². The van der Waals surface area contributed by atoms with Gasteiger partial charge in [-0.1, -0.05) is 46.0 Å². The van der Waals surface area contributed by atoms with Gasteiger partial charge in [-0.25, -0.2) is 0 Å². The molecule has 48 heavy (non-hydrogen) atoms. The Bertz CT molecular complexity index is 1500. The lowest BCUT2D eigenvalue weighted by molar-refractivity contribution is -0.246. The van der Waals surface area contributed by atoms with E-state index in [1.54, 1.807) is 6.26 Å². The second-order valence-corrected chi connectivity index (χ2v) is 17.4. The fourth-order valence-corrected chi connectivity index (χ4v) is 11.2. The minimum absolute atomic E-state index is 0.0488. The molecule has 264 valence electrons. The van der Waals surface area contributed by atoms with Crippen LogP contribution >= 0.6 is 0 Å². The van der Waals surface area contributed by atoms with Crippen LogP contribution in [0.3, 0.4) is 0 Å². The molecule has 1 saturated carbocycles. The van der Waals surface area contributed by atoms with Gasteiger partial charge < -0.3 is 38.6 Å². The molecule has 14 atom stereocenters. The van der Waals surface area contributed by atoms with Crippen molar-refractivity contribution in [1.29, 1.82) is 0 Å². The average molecular weight is 669 g/mol. The maximum Gasteiger partial charge on any atom is 0.191 e. The smallest absolute Gasteiger partial charge is 0.191 e. The van der Waals surface area contributed by atoms with Crippen molar-refractivity contribution in [3.05, 3.63) is 23.0 Å². The largest absolute Gasteiger partial charge is 0.498 e. The molecule has 2 N–H and O–H groups in total. The van der Waals surface area contributed by atoms with E-state index in [0.29, 0.717) is 11.1 Å². The van der Waals surface area contributed by atoms with E-state index in [1.165, 1.54) is 0 Å². The van der Waals surface area contributed by atoms with Crippen LogP contribution in [0.25, 0.3) is 0 Å². The quantitative estimate of drug-likeness (QED) is 0.288. The predicted octanol–water partition coefficient (Wildman–Crippen LogP) is 4.02. The van der Waals surface area contributed by atoms with Gasteiger partial charge in [-0.05, 0) is 52.5 Å². The SMILES string of the molecule is CCCCC[C@@H]1O[C@@H]2C3=C(C(=O)[C@@H]4O[C@@]45C[C@H](O)C(C)(C)O[C@@H]35)[C@H]1[C@H]1[C@H](CCCCC)OC=C3[C@@H]4OC(C)(C)[C@@H](O)C[C@@]45O[C@H]5C(=O)[C@]312. The highest BCUT2D eigenvalue weighted by atomic mass is 16.7. The van der Waals surface area contributed by atoms with Crippen LogP contribution in [0.1, 0.15) is 106 Å². The summed E-state index contributed by atoms with van der Waals surface area (Å²) < 4.78 is 40.3. The lowest BCUT2D eigenvalue weighted by atomic mass is 9.43. The summed E-state index contributed by atoms with van der Waals surface area (Å²) in [6, 6.07) is 0. The van der Waals surface area contributed by atoms with E-state index in [1.807, 2.05) is 27.7 Å². The monoisotopic (exact) mass is 668 g/mol. The van der Waals surface area contributed by atoms with Gasteiger partial charge in [0.25, 0.3) is 0 Å². The molecule has 0 aromatic carbocycles. The van der Waals surface area contributed by atoms with Crippen molar-refractivity contribution < 1.29 is 48.2 Å². The molecule has 10 aliphatic rings. The summed E-state index contributed by atoms with van der Waals surface area (Å²) in [6.07, 6.45) is 4.29. The van der Waals surface area contributed by atoms with E-state index in [4.69, 9.17) is 28.4 Å². The van der Waals surface area contributed by atoms with Crippen molar-refractivity contribution in [2.75, 3.05) is 0 Å². The van der Waals surface area contributed by atoms with E-state index in [9.17, 15) is 15.0 Å². The van der Waals surface area contributed by atoms with Crippen molar-refractivity contribution in [1.82, 2.24) is 0 Å². The number of Topliss-reactive ketones (excluding diaryl/α,β-unsaturated/α-hetero) is 2. The van der Waals surface area contributed by atoms with Crippen LogP contribution in [-0.4, -0.2) is 99.1 Å². The van der Waals surface area contributed by atoms with Gasteiger partial charge in [0.05, 0.1) is 47.3 Å². The molecule has 3 aliphatic carbocycles. The van der Waals surface area contributed by atoms with Gasteiger partial charge in [-0.15, -0.1) is 0 Å². The number of hydrogen-bond acceptors (Lipinski definition) is 10. The molecule has 0 radical (unpaired) electrons. The average Bonchev–Trinajstić information content (AvgIpc) is 3.95. The molecule has 3 spiro atoms. The highest BCUT2D eigenvalue weighted by molar-refractivity contribution is 6.07. The summed E-state index contributed by atoms with van der Waals surface area (Å²) in [5.74, 6) is -0.863. The Morgan fingerprint density at radius 1 is 0.729 bits per heavy atom. The first kappa shape index (κ1) is 32.3. The first-order valence-corrected chi connectivity index (χ1v) is 18.7.